The maximum Gasteiger partial charge on any atom is 0.0481 e. The zero-order valence-corrected chi connectivity index (χ0v) is 12.6. The SMILES string of the molecule is CCCC(CCO)CNCc1cn(C)c2ccccc12. The predicted molar refractivity (Wildman–Crippen MR) is 84.7 cm³/mol. The van der Waals surface area contributed by atoms with Crippen molar-refractivity contribution in [3.05, 3.63) is 36.0 Å². The summed E-state index contributed by atoms with van der Waals surface area (Å²) in [7, 11) is 2.09. The van der Waals surface area contributed by atoms with Gasteiger partial charge in [0, 0.05) is 37.3 Å². The van der Waals surface area contributed by atoms with Crippen molar-refractivity contribution in [2.45, 2.75) is 32.7 Å². The summed E-state index contributed by atoms with van der Waals surface area (Å²) in [6.07, 6.45) is 5.47. The Labute approximate surface area is 121 Å². The Bertz CT molecular complexity index is 527. The predicted octanol–water partition coefficient (Wildman–Crippen LogP) is 3.07. The summed E-state index contributed by atoms with van der Waals surface area (Å²) in [6, 6.07) is 8.52. The molecule has 1 atom stereocenters. The van der Waals surface area contributed by atoms with Crippen LogP contribution < -0.4 is 5.32 Å². The zero-order valence-electron chi connectivity index (χ0n) is 12.6. The summed E-state index contributed by atoms with van der Waals surface area (Å²) in [5, 5.41) is 14.0. The second-order valence-corrected chi connectivity index (χ2v) is 5.58. The number of para-hydroxylation sites is 1. The molecule has 1 aromatic heterocycles. The van der Waals surface area contributed by atoms with Crippen molar-refractivity contribution in [1.29, 1.82) is 0 Å². The molecule has 1 unspecified atom stereocenters. The Hall–Kier alpha value is -1.32. The average molecular weight is 274 g/mol. The maximum absolute atomic E-state index is 9.09. The smallest absolute Gasteiger partial charge is 0.0481 e. The summed E-state index contributed by atoms with van der Waals surface area (Å²) < 4.78 is 2.18. The van der Waals surface area contributed by atoms with Gasteiger partial charge in [-0.15, -0.1) is 0 Å². The van der Waals surface area contributed by atoms with Crippen LogP contribution in [0.5, 0.6) is 0 Å². The fourth-order valence-electron chi connectivity index (χ4n) is 2.92. The molecule has 2 rings (SSSR count). The first-order valence-corrected chi connectivity index (χ1v) is 7.60. The Morgan fingerprint density at radius 3 is 2.80 bits per heavy atom. The van der Waals surface area contributed by atoms with E-state index in [0.29, 0.717) is 12.5 Å². The Morgan fingerprint density at radius 1 is 1.25 bits per heavy atom. The molecular weight excluding hydrogens is 248 g/mol. The molecule has 0 radical (unpaired) electrons. The van der Waals surface area contributed by atoms with E-state index in [2.05, 4.69) is 54.3 Å². The van der Waals surface area contributed by atoms with Crippen LogP contribution in [-0.4, -0.2) is 22.8 Å². The number of rotatable bonds is 8. The van der Waals surface area contributed by atoms with E-state index in [0.717, 1.165) is 19.5 Å². The molecule has 20 heavy (non-hydrogen) atoms. The van der Waals surface area contributed by atoms with Gasteiger partial charge in [-0.1, -0.05) is 31.5 Å². The molecule has 0 amide bonds. The number of nitrogens with zero attached hydrogens (tertiary/aromatic N) is 1. The van der Waals surface area contributed by atoms with Crippen molar-refractivity contribution in [3.63, 3.8) is 0 Å². The number of hydrogen-bond acceptors (Lipinski definition) is 2. The van der Waals surface area contributed by atoms with Gasteiger partial charge in [-0.3, -0.25) is 0 Å². The molecule has 0 saturated carbocycles. The van der Waals surface area contributed by atoms with Crippen LogP contribution in [0.3, 0.4) is 0 Å². The van der Waals surface area contributed by atoms with Gasteiger partial charge in [0.05, 0.1) is 0 Å². The van der Waals surface area contributed by atoms with E-state index in [1.165, 1.54) is 29.3 Å². The standard InChI is InChI=1S/C17H26N2O/c1-3-6-14(9-10-20)11-18-12-15-13-19(2)17-8-5-4-7-16(15)17/h4-5,7-8,13-14,18,20H,3,6,9-12H2,1-2H3. The molecule has 2 N–H and O–H groups in total. The molecule has 3 heteroatoms. The van der Waals surface area contributed by atoms with Crippen molar-refractivity contribution in [2.75, 3.05) is 13.2 Å². The summed E-state index contributed by atoms with van der Waals surface area (Å²) in [5.41, 5.74) is 2.63. The minimum absolute atomic E-state index is 0.292. The monoisotopic (exact) mass is 274 g/mol. The highest BCUT2D eigenvalue weighted by molar-refractivity contribution is 5.83. The third-order valence-electron chi connectivity index (χ3n) is 3.96. The molecule has 1 heterocycles. The van der Waals surface area contributed by atoms with Gasteiger partial charge >= 0.3 is 0 Å². The lowest BCUT2D eigenvalue weighted by molar-refractivity contribution is 0.248. The second-order valence-electron chi connectivity index (χ2n) is 5.58. The van der Waals surface area contributed by atoms with E-state index in [1.54, 1.807) is 0 Å². The molecule has 1 aromatic carbocycles. The molecule has 3 nitrogen and oxygen atoms in total. The van der Waals surface area contributed by atoms with E-state index in [9.17, 15) is 0 Å². The van der Waals surface area contributed by atoms with E-state index >= 15 is 0 Å². The number of fused-ring (bicyclic) bond motifs is 1. The molecule has 2 aromatic rings. The maximum atomic E-state index is 9.09. The minimum atomic E-state index is 0.292. The van der Waals surface area contributed by atoms with Gasteiger partial charge in [0.2, 0.25) is 0 Å². The molecular formula is C17H26N2O. The van der Waals surface area contributed by atoms with Crippen LogP contribution in [0.25, 0.3) is 10.9 Å². The number of aliphatic hydroxyl groups is 1. The van der Waals surface area contributed by atoms with E-state index in [1.807, 2.05) is 0 Å². The van der Waals surface area contributed by atoms with Crippen LogP contribution in [0.15, 0.2) is 30.5 Å². The zero-order chi connectivity index (χ0) is 14.4. The van der Waals surface area contributed by atoms with Crippen molar-refractivity contribution < 1.29 is 5.11 Å². The lowest BCUT2D eigenvalue weighted by Gasteiger charge is -2.15. The highest BCUT2D eigenvalue weighted by atomic mass is 16.3. The number of nitrogens with one attached hydrogen (secondary N) is 1. The van der Waals surface area contributed by atoms with Gasteiger partial charge in [0.15, 0.2) is 0 Å². The minimum Gasteiger partial charge on any atom is -0.396 e. The molecule has 0 bridgehead atoms. The van der Waals surface area contributed by atoms with Gasteiger partial charge in [0.25, 0.3) is 0 Å². The van der Waals surface area contributed by atoms with Gasteiger partial charge in [-0.05, 0) is 36.9 Å². The first-order valence-electron chi connectivity index (χ1n) is 7.60. The van der Waals surface area contributed by atoms with Crippen LogP contribution in [0.1, 0.15) is 31.7 Å². The summed E-state index contributed by atoms with van der Waals surface area (Å²) in [6.45, 7) is 4.38. The van der Waals surface area contributed by atoms with E-state index in [4.69, 9.17) is 5.11 Å². The van der Waals surface area contributed by atoms with Crippen LogP contribution in [0, 0.1) is 5.92 Å². The van der Waals surface area contributed by atoms with Gasteiger partial charge in [-0.2, -0.15) is 0 Å². The second kappa shape index (κ2) is 7.46. The van der Waals surface area contributed by atoms with Crippen LogP contribution in [0.4, 0.5) is 0 Å². The summed E-state index contributed by atoms with van der Waals surface area (Å²) in [5.74, 6) is 0.583. The van der Waals surface area contributed by atoms with Gasteiger partial charge in [0.1, 0.15) is 0 Å². The molecule has 0 aliphatic carbocycles. The third kappa shape index (κ3) is 3.62. The lowest BCUT2D eigenvalue weighted by atomic mass is 10.0. The van der Waals surface area contributed by atoms with Crippen LogP contribution in [-0.2, 0) is 13.6 Å². The van der Waals surface area contributed by atoms with E-state index < -0.39 is 0 Å². The first kappa shape index (κ1) is 15.1. The fourth-order valence-corrected chi connectivity index (χ4v) is 2.92. The number of hydrogen-bond donors (Lipinski definition) is 2. The van der Waals surface area contributed by atoms with Gasteiger partial charge in [-0.25, -0.2) is 0 Å². The molecule has 0 aliphatic heterocycles. The lowest BCUT2D eigenvalue weighted by Crippen LogP contribution is -2.23. The highest BCUT2D eigenvalue weighted by Crippen LogP contribution is 2.20. The van der Waals surface area contributed by atoms with Crippen LogP contribution >= 0.6 is 0 Å². The Kier molecular flexibility index (Phi) is 5.62. The topological polar surface area (TPSA) is 37.2 Å². The average Bonchev–Trinajstić information content (AvgIpc) is 2.77. The molecule has 0 fully saturated rings. The highest BCUT2D eigenvalue weighted by Gasteiger charge is 2.09. The largest absolute Gasteiger partial charge is 0.396 e. The normalized spacial score (nSPS) is 12.9. The number of aromatic nitrogens is 1. The first-order chi connectivity index (χ1) is 9.76. The van der Waals surface area contributed by atoms with Crippen LogP contribution in [0.2, 0.25) is 0 Å². The molecule has 110 valence electrons. The van der Waals surface area contributed by atoms with Crippen molar-refractivity contribution >= 4 is 10.9 Å². The number of aryl methyl sites for hydroxylation is 1. The molecule has 0 saturated heterocycles. The summed E-state index contributed by atoms with van der Waals surface area (Å²) in [4.78, 5) is 0. The van der Waals surface area contributed by atoms with Crippen molar-refractivity contribution in [1.82, 2.24) is 9.88 Å². The third-order valence-corrected chi connectivity index (χ3v) is 3.96. The number of aliphatic hydroxyl groups excluding tert-OH is 1. The van der Waals surface area contributed by atoms with E-state index in [-0.39, 0.29) is 0 Å². The fraction of sp³-hybridized carbons (Fsp3) is 0.529. The van der Waals surface area contributed by atoms with Crippen molar-refractivity contribution in [2.24, 2.45) is 13.0 Å². The van der Waals surface area contributed by atoms with Gasteiger partial charge < -0.3 is 15.0 Å². The number of benzene rings is 1. The molecule has 0 spiro atoms. The van der Waals surface area contributed by atoms with Crippen molar-refractivity contribution in [3.8, 4) is 0 Å². The Balaban J connectivity index is 1.95. The quantitative estimate of drug-likeness (QED) is 0.776. The molecule has 0 aliphatic rings. The Morgan fingerprint density at radius 2 is 2.05 bits per heavy atom. The summed E-state index contributed by atoms with van der Waals surface area (Å²) >= 11 is 0.